The van der Waals surface area contributed by atoms with Crippen molar-refractivity contribution >= 4 is 5.78 Å². The monoisotopic (exact) mass is 252 g/mol. The van der Waals surface area contributed by atoms with Crippen molar-refractivity contribution < 1.29 is 4.79 Å². The number of ketones is 1. The highest BCUT2D eigenvalue weighted by atomic mass is 16.1. The summed E-state index contributed by atoms with van der Waals surface area (Å²) in [6.07, 6.45) is 4.89. The van der Waals surface area contributed by atoms with Crippen LogP contribution in [0.3, 0.4) is 0 Å². The fraction of sp³-hybridized carbons (Fsp3) is 0.933. The highest BCUT2D eigenvalue weighted by Crippen LogP contribution is 2.29. The van der Waals surface area contributed by atoms with Gasteiger partial charge in [0.15, 0.2) is 0 Å². The number of Topliss-reactive ketones (excluding diaryl/α,β-unsaturated/α-hetero) is 1. The summed E-state index contributed by atoms with van der Waals surface area (Å²) in [5.74, 6) is 1.46. The molecule has 3 heteroatoms. The molecular formula is C15H28N2O. The average molecular weight is 252 g/mol. The summed E-state index contributed by atoms with van der Waals surface area (Å²) in [5.41, 5.74) is 0. The smallest absolute Gasteiger partial charge is 0.149 e. The molecule has 0 radical (unpaired) electrons. The summed E-state index contributed by atoms with van der Waals surface area (Å²) >= 11 is 0. The van der Waals surface area contributed by atoms with Crippen LogP contribution >= 0.6 is 0 Å². The van der Waals surface area contributed by atoms with Crippen LogP contribution in [0.15, 0.2) is 0 Å². The van der Waals surface area contributed by atoms with Crippen LogP contribution in [-0.4, -0.2) is 54.9 Å². The van der Waals surface area contributed by atoms with Crippen molar-refractivity contribution in [3.05, 3.63) is 0 Å². The lowest BCUT2D eigenvalue weighted by atomic mass is 9.84. The minimum absolute atomic E-state index is 0.233. The number of fused-ring (bicyclic) bond motifs is 1. The van der Waals surface area contributed by atoms with Gasteiger partial charge in [0.05, 0.1) is 6.54 Å². The van der Waals surface area contributed by atoms with E-state index in [4.69, 9.17) is 0 Å². The Balaban J connectivity index is 1.85. The maximum absolute atomic E-state index is 12.0. The van der Waals surface area contributed by atoms with Crippen LogP contribution in [0.4, 0.5) is 0 Å². The summed E-state index contributed by atoms with van der Waals surface area (Å²) in [7, 11) is 2.26. The fourth-order valence-electron chi connectivity index (χ4n) is 3.48. The van der Waals surface area contributed by atoms with E-state index in [1.807, 2.05) is 0 Å². The molecule has 0 bridgehead atoms. The summed E-state index contributed by atoms with van der Waals surface area (Å²) in [6.45, 7) is 8.34. The number of carbonyl (C=O) groups excluding carboxylic acids is 1. The van der Waals surface area contributed by atoms with Crippen molar-refractivity contribution in [3.8, 4) is 0 Å². The minimum atomic E-state index is 0.233. The van der Waals surface area contributed by atoms with Crippen LogP contribution in [0.2, 0.25) is 0 Å². The van der Waals surface area contributed by atoms with Crippen molar-refractivity contribution in [2.75, 3.05) is 33.2 Å². The van der Waals surface area contributed by atoms with E-state index < -0.39 is 0 Å². The molecule has 0 aromatic heterocycles. The van der Waals surface area contributed by atoms with Crippen LogP contribution in [0, 0.1) is 11.8 Å². The Labute approximate surface area is 112 Å². The number of likely N-dealkylation sites (tertiary alicyclic amines) is 2. The van der Waals surface area contributed by atoms with Crippen molar-refractivity contribution in [1.82, 2.24) is 9.80 Å². The SMILES string of the molecule is CCC(C)C(=O)CN1CCC2C(CCCN2C)C1. The fourth-order valence-corrected chi connectivity index (χ4v) is 3.48. The van der Waals surface area contributed by atoms with Crippen LogP contribution < -0.4 is 0 Å². The van der Waals surface area contributed by atoms with E-state index in [1.54, 1.807) is 0 Å². The number of hydrogen-bond acceptors (Lipinski definition) is 3. The number of hydrogen-bond donors (Lipinski definition) is 0. The molecule has 0 spiro atoms. The maximum Gasteiger partial charge on any atom is 0.149 e. The quantitative estimate of drug-likeness (QED) is 0.765. The lowest BCUT2D eigenvalue weighted by Gasteiger charge is -2.46. The van der Waals surface area contributed by atoms with Crippen LogP contribution in [0.5, 0.6) is 0 Å². The molecule has 2 aliphatic rings. The predicted molar refractivity (Wildman–Crippen MR) is 74.7 cm³/mol. The van der Waals surface area contributed by atoms with Gasteiger partial charge in [-0.1, -0.05) is 13.8 Å². The van der Waals surface area contributed by atoms with E-state index in [1.165, 1.54) is 25.8 Å². The number of nitrogens with zero attached hydrogens (tertiary/aromatic N) is 2. The van der Waals surface area contributed by atoms with Crippen LogP contribution in [-0.2, 0) is 4.79 Å². The highest BCUT2D eigenvalue weighted by molar-refractivity contribution is 5.82. The second kappa shape index (κ2) is 6.16. The lowest BCUT2D eigenvalue weighted by molar-refractivity contribution is -0.124. The van der Waals surface area contributed by atoms with Crippen molar-refractivity contribution in [2.45, 2.75) is 45.6 Å². The number of carbonyl (C=O) groups is 1. The van der Waals surface area contributed by atoms with E-state index in [2.05, 4.69) is 30.7 Å². The Hall–Kier alpha value is -0.410. The first-order chi connectivity index (χ1) is 8.61. The van der Waals surface area contributed by atoms with Gasteiger partial charge in [0, 0.05) is 25.0 Å². The van der Waals surface area contributed by atoms with Gasteiger partial charge in [0.2, 0.25) is 0 Å². The summed E-state index contributed by atoms with van der Waals surface area (Å²) in [5, 5.41) is 0. The molecular weight excluding hydrogens is 224 g/mol. The van der Waals surface area contributed by atoms with E-state index in [-0.39, 0.29) is 5.92 Å². The molecule has 2 fully saturated rings. The van der Waals surface area contributed by atoms with Crippen molar-refractivity contribution in [1.29, 1.82) is 0 Å². The minimum Gasteiger partial charge on any atom is -0.303 e. The van der Waals surface area contributed by atoms with Gasteiger partial charge in [-0.25, -0.2) is 0 Å². The van der Waals surface area contributed by atoms with Gasteiger partial charge in [0.25, 0.3) is 0 Å². The molecule has 0 N–H and O–H groups in total. The molecule has 0 saturated carbocycles. The van der Waals surface area contributed by atoms with E-state index in [0.29, 0.717) is 12.3 Å². The van der Waals surface area contributed by atoms with Gasteiger partial charge in [-0.2, -0.15) is 0 Å². The first kappa shape index (κ1) is 14.0. The van der Waals surface area contributed by atoms with Crippen LogP contribution in [0.1, 0.15) is 39.5 Å². The molecule has 0 amide bonds. The summed E-state index contributed by atoms with van der Waals surface area (Å²) in [4.78, 5) is 16.9. The molecule has 2 heterocycles. The van der Waals surface area contributed by atoms with Gasteiger partial charge >= 0.3 is 0 Å². The van der Waals surface area contributed by atoms with E-state index >= 15 is 0 Å². The zero-order valence-electron chi connectivity index (χ0n) is 12.2. The molecule has 18 heavy (non-hydrogen) atoms. The summed E-state index contributed by atoms with van der Waals surface area (Å²) < 4.78 is 0. The third kappa shape index (κ3) is 3.12. The van der Waals surface area contributed by atoms with Crippen molar-refractivity contribution in [3.63, 3.8) is 0 Å². The highest BCUT2D eigenvalue weighted by Gasteiger charge is 2.34. The summed E-state index contributed by atoms with van der Waals surface area (Å²) in [6, 6.07) is 0.772. The molecule has 3 nitrogen and oxygen atoms in total. The normalized spacial score (nSPS) is 31.9. The first-order valence-electron chi connectivity index (χ1n) is 7.57. The van der Waals surface area contributed by atoms with Gasteiger partial charge in [-0.15, -0.1) is 0 Å². The second-order valence-electron chi connectivity index (χ2n) is 6.25. The van der Waals surface area contributed by atoms with Gasteiger partial charge in [0.1, 0.15) is 5.78 Å². The topological polar surface area (TPSA) is 23.6 Å². The average Bonchev–Trinajstić information content (AvgIpc) is 2.38. The number of piperidine rings is 2. The molecule has 104 valence electrons. The Bertz CT molecular complexity index is 292. The third-order valence-electron chi connectivity index (χ3n) is 4.97. The molecule has 3 unspecified atom stereocenters. The number of rotatable bonds is 4. The molecule has 0 aliphatic carbocycles. The van der Waals surface area contributed by atoms with E-state index in [9.17, 15) is 4.79 Å². The van der Waals surface area contributed by atoms with Crippen LogP contribution in [0.25, 0.3) is 0 Å². The zero-order valence-corrected chi connectivity index (χ0v) is 12.2. The Kier molecular flexibility index (Phi) is 4.79. The zero-order chi connectivity index (χ0) is 13.1. The van der Waals surface area contributed by atoms with Gasteiger partial charge < -0.3 is 4.90 Å². The van der Waals surface area contributed by atoms with Crippen molar-refractivity contribution in [2.24, 2.45) is 11.8 Å². The van der Waals surface area contributed by atoms with Gasteiger partial charge in [-0.3, -0.25) is 9.69 Å². The maximum atomic E-state index is 12.0. The second-order valence-corrected chi connectivity index (χ2v) is 6.25. The largest absolute Gasteiger partial charge is 0.303 e. The Morgan fingerprint density at radius 2 is 2.11 bits per heavy atom. The molecule has 3 atom stereocenters. The first-order valence-corrected chi connectivity index (χ1v) is 7.57. The molecule has 0 aromatic rings. The third-order valence-corrected chi connectivity index (χ3v) is 4.97. The molecule has 2 saturated heterocycles. The van der Waals surface area contributed by atoms with E-state index in [0.717, 1.165) is 31.5 Å². The predicted octanol–water partition coefficient (Wildman–Crippen LogP) is 2.02. The van der Waals surface area contributed by atoms with Gasteiger partial charge in [-0.05, 0) is 45.2 Å². The standard InChI is InChI=1S/C15H28N2O/c1-4-12(2)15(18)11-17-9-7-14-13(10-17)6-5-8-16(14)3/h12-14H,4-11H2,1-3H3. The molecule has 0 aromatic carbocycles. The lowest BCUT2D eigenvalue weighted by Crippen LogP contribution is -2.53. The molecule has 2 aliphatic heterocycles. The Morgan fingerprint density at radius 1 is 1.33 bits per heavy atom. The Morgan fingerprint density at radius 3 is 2.83 bits per heavy atom. The molecule has 2 rings (SSSR count).